The predicted molar refractivity (Wildman–Crippen MR) is 118 cm³/mol. The molecule has 0 aromatic carbocycles. The highest BCUT2D eigenvalue weighted by molar-refractivity contribution is 7.90. The molecule has 1 saturated heterocycles. The summed E-state index contributed by atoms with van der Waals surface area (Å²) in [6.07, 6.45) is 6.17. The average Bonchev–Trinajstić information content (AvgIpc) is 3.31. The van der Waals surface area contributed by atoms with E-state index in [2.05, 4.69) is 48.8 Å². The fourth-order valence-corrected chi connectivity index (χ4v) is 4.92. The molecule has 0 unspecified atom stereocenters. The Morgan fingerprint density at radius 1 is 1.16 bits per heavy atom. The van der Waals surface area contributed by atoms with Crippen LogP contribution in [0.4, 0.5) is 11.6 Å². The molecule has 5 rings (SSSR count). The molecule has 0 saturated carbocycles. The van der Waals surface area contributed by atoms with Crippen molar-refractivity contribution in [2.45, 2.75) is 32.1 Å². The molecule has 166 valence electrons. The van der Waals surface area contributed by atoms with Crippen LogP contribution in [0.1, 0.15) is 25.7 Å². The highest BCUT2D eigenvalue weighted by atomic mass is 32.2. The predicted octanol–water partition coefficient (Wildman–Crippen LogP) is 2.29. The monoisotopic (exact) mass is 454 g/mol. The molecule has 0 radical (unpaired) electrons. The van der Waals surface area contributed by atoms with Crippen molar-refractivity contribution in [3.05, 3.63) is 42.7 Å². The van der Waals surface area contributed by atoms with Gasteiger partial charge in [-0.05, 0) is 26.8 Å². The summed E-state index contributed by atoms with van der Waals surface area (Å²) in [4.78, 5) is 17.8. The summed E-state index contributed by atoms with van der Waals surface area (Å²) in [5.74, 6) is 2.42. The molecule has 32 heavy (non-hydrogen) atoms. The van der Waals surface area contributed by atoms with Gasteiger partial charge in [-0.3, -0.25) is 0 Å². The zero-order valence-corrected chi connectivity index (χ0v) is 18.6. The number of nitrogens with one attached hydrogen (secondary N) is 1. The van der Waals surface area contributed by atoms with Gasteiger partial charge in [0.1, 0.15) is 28.2 Å². The van der Waals surface area contributed by atoms with Gasteiger partial charge in [-0.15, -0.1) is 0 Å². The molecule has 4 aromatic heterocycles. The van der Waals surface area contributed by atoms with E-state index in [-0.39, 0.29) is 19.3 Å². The number of aryl methyl sites for hydroxylation is 1. The third kappa shape index (κ3) is 3.50. The van der Waals surface area contributed by atoms with Gasteiger partial charge < -0.3 is 14.6 Å². The fourth-order valence-electron chi connectivity index (χ4n) is 3.64. The van der Waals surface area contributed by atoms with Crippen LogP contribution in [-0.2, 0) is 14.8 Å². The van der Waals surface area contributed by atoms with E-state index in [1.807, 2.05) is 13.0 Å². The van der Waals surface area contributed by atoms with Crippen molar-refractivity contribution >= 4 is 32.7 Å². The zero-order chi connectivity index (χ0) is 22.5. The van der Waals surface area contributed by atoms with Gasteiger partial charge in [-0.25, -0.2) is 28.4 Å². The maximum Gasteiger partial charge on any atom is 0.261 e. The van der Waals surface area contributed by atoms with E-state index < -0.39 is 15.3 Å². The number of aromatic nitrogens is 7. The number of hydrogen-bond acceptors (Lipinski definition) is 9. The highest BCUT2D eigenvalue weighted by Gasteiger charge is 2.34. The first-order valence-electron chi connectivity index (χ1n) is 10.1. The normalized spacial score (nSPS) is 14.8. The minimum atomic E-state index is -3.59. The van der Waals surface area contributed by atoms with E-state index in [4.69, 9.17) is 4.74 Å². The maximum absolute atomic E-state index is 12.5. The van der Waals surface area contributed by atoms with E-state index in [1.54, 1.807) is 18.5 Å². The summed E-state index contributed by atoms with van der Waals surface area (Å²) in [6.45, 7) is 6.55. The van der Waals surface area contributed by atoms with Gasteiger partial charge in [0.05, 0.1) is 42.9 Å². The van der Waals surface area contributed by atoms with Crippen molar-refractivity contribution in [1.29, 1.82) is 0 Å². The Bertz CT molecular complexity index is 1410. The summed E-state index contributed by atoms with van der Waals surface area (Å²) in [5.41, 5.74) is 2.31. The Morgan fingerprint density at radius 3 is 2.69 bits per heavy atom. The number of pyridine rings is 1. The van der Waals surface area contributed by atoms with Crippen molar-refractivity contribution in [2.75, 3.05) is 18.5 Å². The van der Waals surface area contributed by atoms with Crippen LogP contribution in [0.15, 0.2) is 36.9 Å². The van der Waals surface area contributed by atoms with E-state index >= 15 is 0 Å². The van der Waals surface area contributed by atoms with Gasteiger partial charge in [-0.1, -0.05) is 0 Å². The van der Waals surface area contributed by atoms with Crippen molar-refractivity contribution in [2.24, 2.45) is 0 Å². The first-order valence-corrected chi connectivity index (χ1v) is 11.6. The molecule has 12 heteroatoms. The molecule has 1 fully saturated rings. The number of fused-ring (bicyclic) bond motifs is 1. The number of rotatable bonds is 6. The standard InChI is InChI=1S/C20H22N8O3S/c1-12(2)28-13(3)24-16-8-22-19(6-17(16)28)25-18-4-5-21-20(26-18)14-7-23-27(9-14)32(29,30)15-10-31-11-15/h4-9,12,15H,10-11H2,1-3H3,(H,21,22,25,26). The van der Waals surface area contributed by atoms with E-state index in [9.17, 15) is 8.42 Å². The van der Waals surface area contributed by atoms with Crippen LogP contribution in [0.5, 0.6) is 0 Å². The molecule has 1 aliphatic rings. The molecule has 1 aliphatic heterocycles. The van der Waals surface area contributed by atoms with Gasteiger partial charge in [0, 0.05) is 18.3 Å². The molecular weight excluding hydrogens is 432 g/mol. The van der Waals surface area contributed by atoms with Crippen LogP contribution >= 0.6 is 0 Å². The number of imidazole rings is 1. The smallest absolute Gasteiger partial charge is 0.261 e. The molecule has 11 nitrogen and oxygen atoms in total. The average molecular weight is 455 g/mol. The molecular formula is C20H22N8O3S. The molecule has 4 aromatic rings. The van der Waals surface area contributed by atoms with Gasteiger partial charge in [0.2, 0.25) is 0 Å². The lowest BCUT2D eigenvalue weighted by Crippen LogP contribution is -2.43. The minimum absolute atomic E-state index is 0.181. The van der Waals surface area contributed by atoms with Crippen LogP contribution < -0.4 is 5.32 Å². The Kier molecular flexibility index (Phi) is 4.90. The Balaban J connectivity index is 1.42. The Morgan fingerprint density at radius 2 is 1.97 bits per heavy atom. The van der Waals surface area contributed by atoms with Gasteiger partial charge in [0.25, 0.3) is 10.0 Å². The molecule has 0 amide bonds. The molecule has 0 aliphatic carbocycles. The summed E-state index contributed by atoms with van der Waals surface area (Å²) >= 11 is 0. The van der Waals surface area contributed by atoms with Crippen molar-refractivity contribution in [1.82, 2.24) is 33.7 Å². The summed E-state index contributed by atoms with van der Waals surface area (Å²) in [5, 5.41) is 6.61. The summed E-state index contributed by atoms with van der Waals surface area (Å²) < 4.78 is 33.1. The minimum Gasteiger partial charge on any atom is -0.378 e. The van der Waals surface area contributed by atoms with Crippen molar-refractivity contribution in [3.63, 3.8) is 0 Å². The van der Waals surface area contributed by atoms with Crippen LogP contribution in [0.3, 0.4) is 0 Å². The molecule has 5 heterocycles. The largest absolute Gasteiger partial charge is 0.378 e. The number of anilines is 2. The molecule has 0 atom stereocenters. The topological polar surface area (TPSA) is 130 Å². The van der Waals surface area contributed by atoms with E-state index in [0.717, 1.165) is 20.9 Å². The lowest BCUT2D eigenvalue weighted by molar-refractivity contribution is 0.0410. The quantitative estimate of drug-likeness (QED) is 0.466. The van der Waals surface area contributed by atoms with E-state index in [1.165, 1.54) is 12.4 Å². The van der Waals surface area contributed by atoms with Gasteiger partial charge in [-0.2, -0.15) is 9.19 Å². The van der Waals surface area contributed by atoms with Crippen LogP contribution in [0.25, 0.3) is 22.4 Å². The first-order chi connectivity index (χ1) is 15.3. The highest BCUT2D eigenvalue weighted by Crippen LogP contribution is 2.24. The third-order valence-electron chi connectivity index (χ3n) is 5.29. The molecule has 1 N–H and O–H groups in total. The van der Waals surface area contributed by atoms with Gasteiger partial charge >= 0.3 is 0 Å². The SMILES string of the molecule is Cc1nc2cnc(Nc3ccnc(-c4cnn(S(=O)(=O)C5COC5)c4)n3)cc2n1C(C)C. The van der Waals surface area contributed by atoms with E-state index in [0.29, 0.717) is 23.0 Å². The number of hydrogen-bond donors (Lipinski definition) is 1. The van der Waals surface area contributed by atoms with Gasteiger partial charge in [0.15, 0.2) is 5.82 Å². The van der Waals surface area contributed by atoms with Crippen LogP contribution in [0.2, 0.25) is 0 Å². The van der Waals surface area contributed by atoms with Crippen molar-refractivity contribution < 1.29 is 13.2 Å². The third-order valence-corrected chi connectivity index (χ3v) is 7.12. The first kappa shape index (κ1) is 20.5. The summed E-state index contributed by atoms with van der Waals surface area (Å²) in [7, 11) is -3.59. The lowest BCUT2D eigenvalue weighted by atomic mass is 10.3. The second-order valence-electron chi connectivity index (χ2n) is 7.88. The lowest BCUT2D eigenvalue weighted by Gasteiger charge is -2.25. The van der Waals surface area contributed by atoms with Crippen LogP contribution in [0, 0.1) is 6.92 Å². The van der Waals surface area contributed by atoms with Crippen molar-refractivity contribution in [3.8, 4) is 11.4 Å². The number of ether oxygens (including phenoxy) is 1. The maximum atomic E-state index is 12.5. The summed E-state index contributed by atoms with van der Waals surface area (Å²) in [6, 6.07) is 3.91. The second kappa shape index (κ2) is 7.64. The molecule has 0 bridgehead atoms. The molecule has 0 spiro atoms. The number of nitrogens with zero attached hydrogens (tertiary/aromatic N) is 7. The Labute approximate surface area is 184 Å². The zero-order valence-electron chi connectivity index (χ0n) is 17.8. The Hall–Kier alpha value is -3.38. The fraction of sp³-hybridized carbons (Fsp3) is 0.350. The second-order valence-corrected chi connectivity index (χ2v) is 9.95. The van der Waals surface area contributed by atoms with Crippen LogP contribution in [-0.4, -0.2) is 60.6 Å².